The van der Waals surface area contributed by atoms with E-state index >= 15 is 0 Å². The van der Waals surface area contributed by atoms with Gasteiger partial charge in [-0.25, -0.2) is 9.48 Å². The quantitative estimate of drug-likeness (QED) is 0.253. The van der Waals surface area contributed by atoms with Crippen LogP contribution in [-0.2, 0) is 34.3 Å². The molecule has 0 aliphatic carbocycles. The van der Waals surface area contributed by atoms with E-state index < -0.39 is 66.6 Å². The summed E-state index contributed by atoms with van der Waals surface area (Å²) in [6, 6.07) is 9.82. The normalized spacial score (nSPS) is 19.5. The van der Waals surface area contributed by atoms with E-state index in [-0.39, 0.29) is 23.4 Å². The molecule has 0 bridgehead atoms. The van der Waals surface area contributed by atoms with Crippen LogP contribution in [0, 0.1) is 0 Å². The second-order valence-electron chi connectivity index (χ2n) is 9.41. The molecule has 4 N–H and O–H groups in total. The fourth-order valence-corrected chi connectivity index (χ4v) is 4.64. The molecule has 1 aromatic heterocycles. The molecule has 41 heavy (non-hydrogen) atoms. The van der Waals surface area contributed by atoms with Crippen LogP contribution in [0.2, 0.25) is 5.02 Å². The van der Waals surface area contributed by atoms with Crippen LogP contribution in [0.4, 0.5) is 26.3 Å². The number of carbonyl (C=O) groups excluding carboxylic acids is 1. The smallest absolute Gasteiger partial charge is 0.382 e. The zero-order valence-electron chi connectivity index (χ0n) is 21.2. The fourth-order valence-electron chi connectivity index (χ4n) is 4.52. The third-order valence-electron chi connectivity index (χ3n) is 6.69. The van der Waals surface area contributed by atoms with Gasteiger partial charge in [-0.1, -0.05) is 30.7 Å². The molecule has 4 atom stereocenters. The summed E-state index contributed by atoms with van der Waals surface area (Å²) in [5, 5.41) is 16.6. The highest BCUT2D eigenvalue weighted by Gasteiger charge is 2.54. The SMILES string of the molecule is CCC(NC(=O)Cn1nc(-c2ccc(Cl)cc2)n(C[C@H](O)C(F)(F)F)c1=O)(c1cccc(C(F)(F)F)c1)C1OC1N. The molecule has 0 radical (unpaired) electrons. The Morgan fingerprint density at radius 2 is 1.76 bits per heavy atom. The minimum atomic E-state index is -5.05. The maximum Gasteiger partial charge on any atom is 0.416 e. The van der Waals surface area contributed by atoms with Crippen LogP contribution in [0.3, 0.4) is 0 Å². The summed E-state index contributed by atoms with van der Waals surface area (Å²) in [7, 11) is 0. The lowest BCUT2D eigenvalue weighted by Gasteiger charge is -2.33. The largest absolute Gasteiger partial charge is 0.416 e. The summed E-state index contributed by atoms with van der Waals surface area (Å²) in [5.41, 5.74) is 2.40. The van der Waals surface area contributed by atoms with Gasteiger partial charge in [0.1, 0.15) is 18.9 Å². The highest BCUT2D eigenvalue weighted by Crippen LogP contribution is 2.42. The molecule has 2 heterocycles. The van der Waals surface area contributed by atoms with Gasteiger partial charge in [0, 0.05) is 10.6 Å². The lowest BCUT2D eigenvalue weighted by Crippen LogP contribution is -2.52. The highest BCUT2D eigenvalue weighted by molar-refractivity contribution is 6.30. The van der Waals surface area contributed by atoms with Crippen molar-refractivity contribution in [3.05, 3.63) is 75.2 Å². The number of aromatic nitrogens is 3. The Hall–Kier alpha value is -3.40. The van der Waals surface area contributed by atoms with Gasteiger partial charge in [-0.15, -0.1) is 5.10 Å². The number of halogens is 7. The van der Waals surface area contributed by atoms with Gasteiger partial charge in [0.2, 0.25) is 5.91 Å². The Morgan fingerprint density at radius 1 is 1.15 bits per heavy atom. The summed E-state index contributed by atoms with van der Waals surface area (Å²) in [5.74, 6) is -1.19. The summed E-state index contributed by atoms with van der Waals surface area (Å²) in [4.78, 5) is 26.3. The summed E-state index contributed by atoms with van der Waals surface area (Å²) in [6.07, 6.45) is -14.4. The molecule has 2 aromatic carbocycles. The van der Waals surface area contributed by atoms with Crippen molar-refractivity contribution in [3.63, 3.8) is 0 Å². The van der Waals surface area contributed by atoms with E-state index in [2.05, 4.69) is 10.4 Å². The van der Waals surface area contributed by atoms with E-state index in [1.807, 2.05) is 0 Å². The highest BCUT2D eigenvalue weighted by atomic mass is 35.5. The maximum absolute atomic E-state index is 13.4. The monoisotopic (exact) mass is 607 g/mol. The summed E-state index contributed by atoms with van der Waals surface area (Å²) in [6.45, 7) is -0.444. The topological polar surface area (TPSA) is 128 Å². The molecule has 3 aromatic rings. The van der Waals surface area contributed by atoms with Crippen molar-refractivity contribution >= 4 is 17.5 Å². The van der Waals surface area contributed by atoms with E-state index in [1.54, 1.807) is 6.92 Å². The molecule has 1 aliphatic rings. The summed E-state index contributed by atoms with van der Waals surface area (Å²) < 4.78 is 86.1. The van der Waals surface area contributed by atoms with Crippen LogP contribution < -0.4 is 16.7 Å². The number of ether oxygens (including phenoxy) is 1. The Kier molecular flexibility index (Phi) is 8.28. The average molecular weight is 608 g/mol. The van der Waals surface area contributed by atoms with Gasteiger partial charge < -0.3 is 20.9 Å². The standard InChI is InChI=1S/C25H24ClF6N5O4/c1-2-23(19-20(33)41-19,14-4-3-5-15(10-14)24(27,28)29)34-18(39)12-37-22(40)36(11-17(38)25(30,31)32)21(35-37)13-6-8-16(26)9-7-13/h3-10,17,19-20,38H,2,11-12,33H2,1H3,(H,34,39)/t17-,19?,20?,23?/m0/s1. The van der Waals surface area contributed by atoms with Crippen LogP contribution >= 0.6 is 11.6 Å². The van der Waals surface area contributed by atoms with Crippen molar-refractivity contribution in [1.82, 2.24) is 19.7 Å². The maximum atomic E-state index is 13.4. The second kappa shape index (κ2) is 11.1. The van der Waals surface area contributed by atoms with Crippen LogP contribution in [-0.4, -0.2) is 50.0 Å². The van der Waals surface area contributed by atoms with Gasteiger partial charge in [0.25, 0.3) is 0 Å². The van der Waals surface area contributed by atoms with Crippen molar-refractivity contribution in [2.75, 3.05) is 0 Å². The number of aliphatic hydroxyl groups is 1. The molecule has 222 valence electrons. The number of nitrogens with one attached hydrogen (secondary N) is 1. The zero-order valence-corrected chi connectivity index (χ0v) is 22.0. The number of benzene rings is 2. The predicted molar refractivity (Wildman–Crippen MR) is 133 cm³/mol. The van der Waals surface area contributed by atoms with E-state index in [9.17, 15) is 41.0 Å². The minimum absolute atomic E-state index is 0.0373. The number of epoxide rings is 1. The molecule has 0 saturated carbocycles. The van der Waals surface area contributed by atoms with Crippen LogP contribution in [0.5, 0.6) is 0 Å². The average Bonchev–Trinajstić information content (AvgIpc) is 3.57. The van der Waals surface area contributed by atoms with E-state index in [0.29, 0.717) is 14.3 Å². The number of nitrogens with zero attached hydrogens (tertiary/aromatic N) is 3. The Labute approximate surface area is 233 Å². The van der Waals surface area contributed by atoms with Crippen LogP contribution in [0.1, 0.15) is 24.5 Å². The Morgan fingerprint density at radius 3 is 2.29 bits per heavy atom. The molecule has 1 amide bonds. The van der Waals surface area contributed by atoms with Gasteiger partial charge in [0.15, 0.2) is 11.9 Å². The molecule has 4 rings (SSSR count). The lowest BCUT2D eigenvalue weighted by molar-refractivity contribution is -0.207. The first-order valence-corrected chi connectivity index (χ1v) is 12.5. The van der Waals surface area contributed by atoms with Gasteiger partial charge in [-0.05, 0) is 48.4 Å². The Bertz CT molecular complexity index is 1470. The first kappa shape index (κ1) is 30.6. The van der Waals surface area contributed by atoms with Crippen molar-refractivity contribution in [3.8, 4) is 11.4 Å². The number of carbonyl (C=O) groups is 1. The molecule has 1 fully saturated rings. The second-order valence-corrected chi connectivity index (χ2v) is 9.85. The predicted octanol–water partition coefficient (Wildman–Crippen LogP) is 3.41. The fraction of sp³-hybridized carbons (Fsp3) is 0.400. The molecular weight excluding hydrogens is 584 g/mol. The third-order valence-corrected chi connectivity index (χ3v) is 6.94. The number of nitrogens with two attached hydrogens (primary N) is 1. The molecule has 3 unspecified atom stereocenters. The van der Waals surface area contributed by atoms with E-state index in [4.69, 9.17) is 22.1 Å². The van der Waals surface area contributed by atoms with Crippen molar-refractivity contribution in [2.24, 2.45) is 5.73 Å². The lowest BCUT2D eigenvalue weighted by atomic mass is 9.82. The van der Waals surface area contributed by atoms with Crippen molar-refractivity contribution in [1.29, 1.82) is 0 Å². The first-order valence-electron chi connectivity index (χ1n) is 12.1. The number of rotatable bonds is 9. The van der Waals surface area contributed by atoms with E-state index in [1.165, 1.54) is 36.4 Å². The van der Waals surface area contributed by atoms with Crippen LogP contribution in [0.25, 0.3) is 11.4 Å². The van der Waals surface area contributed by atoms with Crippen LogP contribution in [0.15, 0.2) is 53.3 Å². The third kappa shape index (κ3) is 6.42. The molecular formula is C25H24ClF6N5O4. The number of alkyl halides is 6. The van der Waals surface area contributed by atoms with Gasteiger partial charge >= 0.3 is 18.0 Å². The number of hydrogen-bond acceptors (Lipinski definition) is 6. The molecule has 9 nitrogen and oxygen atoms in total. The number of amides is 1. The minimum Gasteiger partial charge on any atom is -0.382 e. The first-order chi connectivity index (χ1) is 19.1. The zero-order chi connectivity index (χ0) is 30.3. The summed E-state index contributed by atoms with van der Waals surface area (Å²) >= 11 is 5.87. The molecule has 1 aliphatic heterocycles. The van der Waals surface area contributed by atoms with Gasteiger partial charge in [-0.2, -0.15) is 26.3 Å². The number of aliphatic hydroxyl groups excluding tert-OH is 1. The van der Waals surface area contributed by atoms with E-state index in [0.717, 1.165) is 12.1 Å². The van der Waals surface area contributed by atoms with Gasteiger partial charge in [0.05, 0.1) is 17.6 Å². The van der Waals surface area contributed by atoms with Crippen molar-refractivity contribution in [2.45, 2.75) is 62.8 Å². The molecule has 0 spiro atoms. The van der Waals surface area contributed by atoms with Crippen molar-refractivity contribution < 1.29 is 41.0 Å². The Balaban J connectivity index is 1.69. The molecule has 16 heteroatoms. The number of hydrogen-bond donors (Lipinski definition) is 3. The molecule has 1 saturated heterocycles. The van der Waals surface area contributed by atoms with Gasteiger partial charge in [-0.3, -0.25) is 9.36 Å².